The lowest BCUT2D eigenvalue weighted by Gasteiger charge is -2.60. The Morgan fingerprint density at radius 3 is 1.69 bits per heavy atom. The molecule has 3 aliphatic carbocycles. The van der Waals surface area contributed by atoms with Crippen molar-refractivity contribution in [3.8, 4) is 0 Å². The van der Waals surface area contributed by atoms with Crippen molar-refractivity contribution in [2.24, 2.45) is 16.7 Å². The van der Waals surface area contributed by atoms with Crippen LogP contribution in [0.5, 0.6) is 0 Å². The molecule has 32 atom stereocenters. The van der Waals surface area contributed by atoms with Gasteiger partial charge in [-0.25, -0.2) is 4.79 Å². The van der Waals surface area contributed by atoms with E-state index >= 15 is 0 Å². The highest BCUT2D eigenvalue weighted by Crippen LogP contribution is 3.18. The van der Waals surface area contributed by atoms with Crippen LogP contribution in [0.25, 0.3) is 0 Å². The molecule has 1 spiro atoms. The Kier molecular flexibility index (Phi) is 33.6. The van der Waals surface area contributed by atoms with E-state index < -0.39 is 129 Å². The number of fused-ring (bicyclic) bond motifs is 3. The summed E-state index contributed by atoms with van der Waals surface area (Å²) >= 11 is 0. The van der Waals surface area contributed by atoms with Crippen molar-refractivity contribution in [1.29, 1.82) is 0 Å². The third-order valence-electron chi connectivity index (χ3n) is 10.8. The van der Waals surface area contributed by atoms with Gasteiger partial charge in [-0.2, -0.15) is 0 Å². The fraction of sp³-hybridized carbons (Fsp3) is 0.750. The van der Waals surface area contributed by atoms with E-state index in [2.05, 4.69) is 203 Å². The molecule has 1 aliphatic heterocycles. The topological polar surface area (TPSA) is 72.5 Å². The zero-order chi connectivity index (χ0) is 47.1. The number of hydrogen-bond acceptors (Lipinski definition) is 7. The van der Waals surface area contributed by atoms with E-state index in [1.165, 1.54) is 11.1 Å². The van der Waals surface area contributed by atoms with Crippen LogP contribution in [0.1, 0.15) is 47.0 Å². The summed E-state index contributed by atoms with van der Waals surface area (Å²) in [6.07, 6.45) is 2.09. The Bertz CT molecular complexity index is 1570. The normalized spacial score (nSPS) is 31.7. The molecule has 1 saturated heterocycles. The highest BCUT2D eigenvalue weighted by atomic mass is 33.2. The van der Waals surface area contributed by atoms with Gasteiger partial charge in [0, 0.05) is 45.2 Å². The Hall–Kier alpha value is 13.5. The minimum atomic E-state index is -1.08. The molecule has 7 nitrogen and oxygen atoms in total. The first kappa shape index (κ1) is 68.0. The van der Waals surface area contributed by atoms with E-state index in [9.17, 15) is 4.79 Å². The van der Waals surface area contributed by atoms with Crippen molar-refractivity contribution in [3.05, 3.63) is 23.0 Å². The lowest BCUT2D eigenvalue weighted by atomic mass is 9.49. The van der Waals surface area contributed by atoms with Gasteiger partial charge in [0.15, 0.2) is 11.7 Å². The molecule has 0 aromatic carbocycles. The molecule has 2 fully saturated rings. The van der Waals surface area contributed by atoms with Gasteiger partial charge in [0.1, 0.15) is 13.3 Å². The molecule has 0 aromatic rings. The molecule has 31 unspecified atom stereocenters. The summed E-state index contributed by atoms with van der Waals surface area (Å²) in [6, 6.07) is 0. The highest BCUT2D eigenvalue weighted by molar-refractivity contribution is 9.19. The van der Waals surface area contributed by atoms with Gasteiger partial charge in [0.05, 0.1) is 46.8 Å². The second-order valence-corrected chi connectivity index (χ2v) is 136. The quantitative estimate of drug-likeness (QED) is 0.0683. The summed E-state index contributed by atoms with van der Waals surface area (Å²) < 4.78 is 44.2. The Balaban J connectivity index is 2.15. The van der Waals surface area contributed by atoms with Crippen molar-refractivity contribution in [1.82, 2.24) is 0 Å². The number of rotatable bonds is 20. The third kappa shape index (κ3) is 16.6. The molecule has 4 rings (SSSR count). The summed E-state index contributed by atoms with van der Waals surface area (Å²) in [4.78, 5) is 14.3. The minimum absolute atomic E-state index is 0.178. The van der Waals surface area contributed by atoms with Crippen molar-refractivity contribution < 1.29 is 32.4 Å². The van der Waals surface area contributed by atoms with E-state index in [1.54, 1.807) is 0 Å². The SMILES string of the molecule is CC1=C2C(OP(P(P)P)P(PP)P(P)P)C[C@]3(C)C(OP(P(P)P)P(P)P)CC=C(OP(P)P(P)P)C3C3OC(=O)OC3(CC1OP(P(P)P(P)P)P(P(P)P)P(P)P)C2(C)C. The van der Waals surface area contributed by atoms with E-state index in [4.69, 9.17) is 27.6 Å². The Morgan fingerprint density at radius 2 is 1.23 bits per heavy atom. The average Bonchev–Trinajstić information content (AvgIpc) is 3.47. The number of ether oxygens (including phenoxy) is 2. The van der Waals surface area contributed by atoms with Crippen LogP contribution in [-0.4, -0.2) is 36.2 Å². The van der Waals surface area contributed by atoms with Crippen molar-refractivity contribution in [2.45, 2.75) is 77.0 Å². The lowest BCUT2D eigenvalue weighted by molar-refractivity contribution is -0.152. The highest BCUT2D eigenvalue weighted by Gasteiger charge is 2.73. The molecule has 0 aromatic heterocycles. The summed E-state index contributed by atoms with van der Waals surface area (Å²) in [5, 5.41) is 0. The van der Waals surface area contributed by atoms with Crippen molar-refractivity contribution >= 4 is 291 Å². The molecule has 0 N–H and O–H groups in total. The van der Waals surface area contributed by atoms with E-state index in [-0.39, 0.29) is 31.2 Å². The molecule has 360 valence electrons. The molecule has 2 bridgehead atoms. The summed E-state index contributed by atoms with van der Waals surface area (Å²) in [5.74, 6) is 0.524. The summed E-state index contributed by atoms with van der Waals surface area (Å²) in [7, 11) is 56.3. The first-order valence-electron chi connectivity index (χ1n) is 17.5. The van der Waals surface area contributed by atoms with Crippen LogP contribution in [0.15, 0.2) is 23.0 Å². The molecular weight excluding hydrogens is 1440 g/mol. The molecule has 42 heteroatoms. The summed E-state index contributed by atoms with van der Waals surface area (Å²) in [6.45, 7) is 3.99. The van der Waals surface area contributed by atoms with Gasteiger partial charge in [0.2, 0.25) is 0 Å². The van der Waals surface area contributed by atoms with E-state index in [0.29, 0.717) is 27.2 Å². The zero-order valence-electron chi connectivity index (χ0n) is 34.1. The average molecular weight is 1500 g/mol. The molecule has 0 radical (unpaired) electrons. The van der Waals surface area contributed by atoms with Gasteiger partial charge in [-0.3, -0.25) is 0 Å². The van der Waals surface area contributed by atoms with Crippen LogP contribution >= 0.6 is 285 Å². The predicted octanol–water partition coefficient (Wildman–Crippen LogP) is 23.1. The van der Waals surface area contributed by atoms with Crippen LogP contribution in [0, 0.1) is 16.7 Å². The largest absolute Gasteiger partial charge is 0.509 e. The van der Waals surface area contributed by atoms with Gasteiger partial charge >= 0.3 is 6.16 Å². The number of carbonyl (C=O) groups is 1. The molecular formula is C20H63O7P35. The van der Waals surface area contributed by atoms with Gasteiger partial charge in [-0.05, 0) is 85.9 Å². The fourth-order valence-corrected chi connectivity index (χ4v) is 205. The van der Waals surface area contributed by atoms with Crippen molar-refractivity contribution in [2.75, 3.05) is 0 Å². The van der Waals surface area contributed by atoms with Crippen LogP contribution in [0.4, 0.5) is 4.79 Å². The lowest BCUT2D eigenvalue weighted by Crippen LogP contribution is -2.66. The first-order chi connectivity index (χ1) is 28.6. The summed E-state index contributed by atoms with van der Waals surface area (Å²) in [5.41, 5.74) is 0.109. The minimum Gasteiger partial charge on any atom is -0.469 e. The van der Waals surface area contributed by atoms with Crippen LogP contribution in [-0.2, 0) is 27.6 Å². The molecule has 0 amide bonds. The first-order valence-corrected chi connectivity index (χ1v) is 77.8. The van der Waals surface area contributed by atoms with E-state index in [0.717, 1.165) is 5.76 Å². The predicted molar refractivity (Wildman–Crippen MR) is 386 cm³/mol. The second-order valence-electron chi connectivity index (χ2n) is 14.7. The molecule has 1 heterocycles. The smallest absolute Gasteiger partial charge is 0.469 e. The van der Waals surface area contributed by atoms with Crippen LogP contribution < -0.4 is 0 Å². The zero-order valence-corrected chi connectivity index (χ0v) is 70.5. The molecule has 62 heavy (non-hydrogen) atoms. The van der Waals surface area contributed by atoms with Crippen LogP contribution in [0.2, 0.25) is 0 Å². The Labute approximate surface area is 435 Å². The molecule has 4 aliphatic rings. The van der Waals surface area contributed by atoms with E-state index in [1.807, 2.05) is 0 Å². The number of hydrogen-bond donors (Lipinski definition) is 0. The van der Waals surface area contributed by atoms with Crippen LogP contribution in [0.3, 0.4) is 0 Å². The standard InChI is InChI=1S/C20H63O7P35/c1-9-11(25-51(60(46)56(38)39)62(58(42)43)59(44)45)8-20-16(22-17(21)23-20)15-10(24-48(29)52(30)31)5-6-13(27-49(53(32)33)54(34)35)19(15,4)7-12(14(9)18(20,2)3)26-50(55(36)37)61(47-28)57(40)41/h5,11-13,15-16,47H,6-8,28-46H2,1-4H3/t11?,12?,13?,15?,16?,19-,20?,48?,50?,51?,60?,61?/m1/s1. The maximum Gasteiger partial charge on any atom is 0.509 e. The molecule has 1 saturated carbocycles. The van der Waals surface area contributed by atoms with Gasteiger partial charge in [-0.1, -0.05) is 64.4 Å². The van der Waals surface area contributed by atoms with Gasteiger partial charge < -0.3 is 27.6 Å². The Morgan fingerprint density at radius 1 is 0.677 bits per heavy atom. The van der Waals surface area contributed by atoms with Crippen molar-refractivity contribution in [3.63, 3.8) is 0 Å². The van der Waals surface area contributed by atoms with Gasteiger partial charge in [-0.15, -0.1) is 134 Å². The third-order valence-corrected chi connectivity index (χ3v) is 165. The van der Waals surface area contributed by atoms with Gasteiger partial charge in [0.25, 0.3) is 0 Å². The fourth-order valence-electron chi connectivity index (χ4n) is 8.19. The maximum absolute atomic E-state index is 14.3. The maximum atomic E-state index is 14.3. The second kappa shape index (κ2) is 30.7. The number of carbonyl (C=O) groups excluding carboxylic acids is 1. The monoisotopic (exact) mass is 1500 g/mol.